The van der Waals surface area contributed by atoms with Gasteiger partial charge >= 0.3 is 5.69 Å². The Kier molecular flexibility index (Phi) is 5.64. The molecule has 1 fully saturated rings. The Hall–Kier alpha value is -3.85. The zero-order chi connectivity index (χ0) is 24.8. The number of aromatic nitrogens is 4. The number of amides is 2. The van der Waals surface area contributed by atoms with Crippen LogP contribution < -0.4 is 5.69 Å². The molecule has 4 aromatic rings. The van der Waals surface area contributed by atoms with E-state index in [0.29, 0.717) is 56.3 Å². The van der Waals surface area contributed by atoms with Crippen LogP contribution in [0.15, 0.2) is 59.4 Å². The number of halogens is 1. The van der Waals surface area contributed by atoms with Gasteiger partial charge in [0.25, 0.3) is 11.8 Å². The van der Waals surface area contributed by atoms with E-state index >= 15 is 0 Å². The van der Waals surface area contributed by atoms with Crippen LogP contribution in [0.3, 0.4) is 0 Å². The van der Waals surface area contributed by atoms with Crippen LogP contribution in [0.5, 0.6) is 0 Å². The van der Waals surface area contributed by atoms with Crippen molar-refractivity contribution in [2.24, 2.45) is 0 Å². The molecule has 2 aliphatic heterocycles. The highest BCUT2D eigenvalue weighted by atomic mass is 35.5. The summed E-state index contributed by atoms with van der Waals surface area (Å²) >= 11 is 6.09. The molecule has 2 aromatic carbocycles. The lowest BCUT2D eigenvalue weighted by Crippen LogP contribution is -2.40. The Bertz CT molecular complexity index is 1530. The predicted octanol–water partition coefficient (Wildman–Crippen LogP) is 3.31. The molecule has 1 saturated heterocycles. The topological polar surface area (TPSA) is 96.2 Å². The molecule has 10 heteroatoms. The van der Waals surface area contributed by atoms with E-state index in [1.165, 1.54) is 0 Å². The Morgan fingerprint density at radius 1 is 1.00 bits per heavy atom. The molecule has 2 aliphatic rings. The molecule has 0 saturated carbocycles. The summed E-state index contributed by atoms with van der Waals surface area (Å²) < 4.78 is 3.43. The summed E-state index contributed by atoms with van der Waals surface area (Å²) in [5.41, 5.74) is 3.24. The van der Waals surface area contributed by atoms with Crippen molar-refractivity contribution in [2.75, 3.05) is 19.6 Å². The Morgan fingerprint density at radius 3 is 2.61 bits per heavy atom. The van der Waals surface area contributed by atoms with Gasteiger partial charge in [-0.2, -0.15) is 5.10 Å². The fraction of sp³-hybridized carbons (Fsp3) is 0.308. The van der Waals surface area contributed by atoms with Crippen molar-refractivity contribution in [1.82, 2.24) is 29.1 Å². The van der Waals surface area contributed by atoms with Gasteiger partial charge in [-0.1, -0.05) is 35.9 Å². The van der Waals surface area contributed by atoms with E-state index in [-0.39, 0.29) is 29.2 Å². The highest BCUT2D eigenvalue weighted by Crippen LogP contribution is 2.26. The van der Waals surface area contributed by atoms with Gasteiger partial charge in [-0.25, -0.2) is 4.79 Å². The summed E-state index contributed by atoms with van der Waals surface area (Å²) in [6.07, 6.45) is 1.35. The largest absolute Gasteiger partial charge is 0.337 e. The first-order valence-electron chi connectivity index (χ1n) is 12.1. The highest BCUT2D eigenvalue weighted by molar-refractivity contribution is 6.30. The molecule has 0 unspecified atom stereocenters. The van der Waals surface area contributed by atoms with Gasteiger partial charge in [-0.3, -0.25) is 18.8 Å². The van der Waals surface area contributed by atoms with E-state index in [9.17, 15) is 14.4 Å². The number of piperidine rings is 1. The summed E-state index contributed by atoms with van der Waals surface area (Å²) in [7, 11) is 0. The highest BCUT2D eigenvalue weighted by Gasteiger charge is 2.31. The number of imidazole rings is 1. The zero-order valence-corrected chi connectivity index (χ0v) is 20.3. The number of hydrogen-bond donors (Lipinski definition) is 1. The summed E-state index contributed by atoms with van der Waals surface area (Å²) in [5.74, 6) is -0.332. The van der Waals surface area contributed by atoms with Crippen molar-refractivity contribution in [3.05, 3.63) is 87.1 Å². The number of carbonyl (C=O) groups is 2. The monoisotopic (exact) mass is 504 g/mol. The number of aromatic amines is 1. The van der Waals surface area contributed by atoms with Gasteiger partial charge in [0.15, 0.2) is 5.69 Å². The Balaban J connectivity index is 1.14. The second-order valence-corrected chi connectivity index (χ2v) is 9.77. The fourth-order valence-corrected chi connectivity index (χ4v) is 5.49. The van der Waals surface area contributed by atoms with E-state index in [1.54, 1.807) is 31.2 Å². The van der Waals surface area contributed by atoms with E-state index in [0.717, 1.165) is 16.6 Å². The van der Waals surface area contributed by atoms with Gasteiger partial charge in [0, 0.05) is 43.3 Å². The average Bonchev–Trinajstić information content (AvgIpc) is 3.46. The first-order chi connectivity index (χ1) is 17.5. The van der Waals surface area contributed by atoms with Crippen molar-refractivity contribution < 1.29 is 9.59 Å². The molecule has 0 aliphatic carbocycles. The second kappa shape index (κ2) is 8.98. The van der Waals surface area contributed by atoms with Gasteiger partial charge in [-0.05, 0) is 42.7 Å². The van der Waals surface area contributed by atoms with Gasteiger partial charge < -0.3 is 14.8 Å². The maximum atomic E-state index is 13.2. The molecule has 2 amide bonds. The lowest BCUT2D eigenvalue weighted by Gasteiger charge is -2.32. The standard InChI is InChI=1S/C26H25ClN6O3/c27-18-5-3-4-17(14-18)16-31-12-13-32-23(25(31)35)15-21(29-32)24(34)30-10-8-19(9-11-30)33-22-7-2-1-6-20(22)28-26(33)36/h1-7,14-15,19H,8-13,16H2,(H,28,36). The third kappa shape index (κ3) is 3.99. The van der Waals surface area contributed by atoms with Crippen molar-refractivity contribution in [3.8, 4) is 0 Å². The number of H-pyrrole nitrogens is 1. The SMILES string of the molecule is O=C(c1cc2n(n1)CCN(Cc1cccc(Cl)c1)C2=O)N1CCC(n2c(=O)[nH]c3ccccc32)CC1. The summed E-state index contributed by atoms with van der Waals surface area (Å²) in [6.45, 7) is 2.53. The molecule has 9 nitrogen and oxygen atoms in total. The van der Waals surface area contributed by atoms with Crippen LogP contribution in [0.25, 0.3) is 11.0 Å². The second-order valence-electron chi connectivity index (χ2n) is 9.34. The number of fused-ring (bicyclic) bond motifs is 2. The minimum absolute atomic E-state index is 0.0227. The minimum atomic E-state index is -0.184. The number of hydrogen-bond acceptors (Lipinski definition) is 4. The molecule has 0 spiro atoms. The first kappa shape index (κ1) is 22.6. The van der Waals surface area contributed by atoms with Crippen LogP contribution >= 0.6 is 11.6 Å². The molecule has 2 aromatic heterocycles. The number of carbonyl (C=O) groups excluding carboxylic acids is 2. The van der Waals surface area contributed by atoms with Gasteiger partial charge in [-0.15, -0.1) is 0 Å². The average molecular weight is 505 g/mol. The van der Waals surface area contributed by atoms with Crippen molar-refractivity contribution in [2.45, 2.75) is 32.0 Å². The van der Waals surface area contributed by atoms with Crippen molar-refractivity contribution in [3.63, 3.8) is 0 Å². The van der Waals surface area contributed by atoms with Gasteiger partial charge in [0.05, 0.1) is 17.6 Å². The third-order valence-electron chi connectivity index (χ3n) is 7.09. The smallest absolute Gasteiger partial charge is 0.326 e. The number of nitrogens with zero attached hydrogens (tertiary/aromatic N) is 5. The summed E-state index contributed by atoms with van der Waals surface area (Å²) in [6, 6.07) is 16.7. The van der Waals surface area contributed by atoms with E-state index < -0.39 is 0 Å². The van der Waals surface area contributed by atoms with Crippen LogP contribution in [0.1, 0.15) is 45.4 Å². The van der Waals surface area contributed by atoms with E-state index in [1.807, 2.05) is 42.5 Å². The van der Waals surface area contributed by atoms with Gasteiger partial charge in [0.1, 0.15) is 5.69 Å². The van der Waals surface area contributed by atoms with Crippen LogP contribution in [0.2, 0.25) is 5.02 Å². The quantitative estimate of drug-likeness (QED) is 0.461. The molecule has 1 N–H and O–H groups in total. The lowest BCUT2D eigenvalue weighted by atomic mass is 10.0. The maximum absolute atomic E-state index is 13.2. The number of para-hydroxylation sites is 2. The molecule has 184 valence electrons. The molecule has 0 atom stereocenters. The lowest BCUT2D eigenvalue weighted by molar-refractivity contribution is 0.0672. The predicted molar refractivity (Wildman–Crippen MR) is 135 cm³/mol. The van der Waals surface area contributed by atoms with Crippen LogP contribution in [0, 0.1) is 0 Å². The van der Waals surface area contributed by atoms with Gasteiger partial charge in [0.2, 0.25) is 0 Å². The fourth-order valence-electron chi connectivity index (χ4n) is 5.28. The molecule has 36 heavy (non-hydrogen) atoms. The first-order valence-corrected chi connectivity index (χ1v) is 12.5. The van der Waals surface area contributed by atoms with Crippen molar-refractivity contribution in [1.29, 1.82) is 0 Å². The molecule has 0 radical (unpaired) electrons. The molecule has 6 rings (SSSR count). The number of likely N-dealkylation sites (tertiary alicyclic amines) is 1. The maximum Gasteiger partial charge on any atom is 0.326 e. The van der Waals surface area contributed by atoms with E-state index in [4.69, 9.17) is 11.6 Å². The van der Waals surface area contributed by atoms with Crippen LogP contribution in [0.4, 0.5) is 0 Å². The number of benzene rings is 2. The van der Waals surface area contributed by atoms with Crippen molar-refractivity contribution >= 4 is 34.4 Å². The zero-order valence-electron chi connectivity index (χ0n) is 19.6. The normalized spacial score (nSPS) is 16.5. The summed E-state index contributed by atoms with van der Waals surface area (Å²) in [5, 5.41) is 5.09. The van der Waals surface area contributed by atoms with E-state index in [2.05, 4.69) is 10.1 Å². The molecular formula is C26H25ClN6O3. The number of nitrogens with one attached hydrogen (secondary N) is 1. The molecule has 0 bridgehead atoms. The summed E-state index contributed by atoms with van der Waals surface area (Å²) in [4.78, 5) is 45.3. The molecule has 4 heterocycles. The van der Waals surface area contributed by atoms with Crippen LogP contribution in [-0.2, 0) is 13.1 Å². The third-order valence-corrected chi connectivity index (χ3v) is 7.33. The van der Waals surface area contributed by atoms with Crippen LogP contribution in [-0.4, -0.2) is 60.6 Å². The molecular weight excluding hydrogens is 480 g/mol. The Morgan fingerprint density at radius 2 is 1.81 bits per heavy atom. The Labute approximate surface area is 211 Å². The number of rotatable bonds is 4. The minimum Gasteiger partial charge on any atom is -0.337 e.